The van der Waals surface area contributed by atoms with E-state index in [9.17, 15) is 13.2 Å². The Morgan fingerprint density at radius 1 is 1.28 bits per heavy atom. The van der Waals surface area contributed by atoms with Gasteiger partial charge in [0, 0.05) is 18.6 Å². The normalized spacial score (nSPS) is 15.4. The van der Waals surface area contributed by atoms with Crippen LogP contribution < -0.4 is 11.1 Å². The lowest BCUT2D eigenvalue weighted by Crippen LogP contribution is -2.35. The van der Waals surface area contributed by atoms with Crippen molar-refractivity contribution in [3.63, 3.8) is 0 Å². The maximum absolute atomic E-state index is 12.8. The Balaban J connectivity index is 2.82. The Bertz CT molecular complexity index is 377. The molecule has 0 amide bonds. The minimum Gasteiger partial charge on any atom is -0.327 e. The molecule has 1 unspecified atom stereocenters. The third-order valence-corrected chi connectivity index (χ3v) is 2.94. The number of rotatable bonds is 5. The lowest BCUT2D eigenvalue weighted by Gasteiger charge is -2.21. The fraction of sp³-hybridized carbons (Fsp3) is 0.538. The Hall–Kier alpha value is -1.07. The molecule has 0 aliphatic rings. The molecule has 0 aromatic heterocycles. The summed E-state index contributed by atoms with van der Waals surface area (Å²) in [6.07, 6.45) is -3.53. The van der Waals surface area contributed by atoms with Gasteiger partial charge in [-0.2, -0.15) is 13.2 Å². The van der Waals surface area contributed by atoms with Gasteiger partial charge in [0.15, 0.2) is 0 Å². The van der Waals surface area contributed by atoms with Crippen LogP contribution >= 0.6 is 0 Å². The van der Waals surface area contributed by atoms with E-state index < -0.39 is 11.7 Å². The van der Waals surface area contributed by atoms with Gasteiger partial charge >= 0.3 is 6.18 Å². The molecule has 0 saturated carbocycles. The molecule has 0 heterocycles. The van der Waals surface area contributed by atoms with E-state index in [1.54, 1.807) is 13.0 Å². The summed E-state index contributed by atoms with van der Waals surface area (Å²) in [6, 6.07) is 5.20. The van der Waals surface area contributed by atoms with Gasteiger partial charge in [0.05, 0.1) is 5.56 Å². The van der Waals surface area contributed by atoms with Gasteiger partial charge in [0.1, 0.15) is 0 Å². The van der Waals surface area contributed by atoms with Crippen molar-refractivity contribution in [2.45, 2.75) is 38.5 Å². The van der Waals surface area contributed by atoms with Crippen LogP contribution in [-0.2, 0) is 6.18 Å². The molecule has 2 atom stereocenters. The molecule has 102 valence electrons. The highest BCUT2D eigenvalue weighted by Gasteiger charge is 2.33. The fourth-order valence-electron chi connectivity index (χ4n) is 1.72. The minimum atomic E-state index is -4.32. The molecule has 1 rings (SSSR count). The highest BCUT2D eigenvalue weighted by atomic mass is 19.4. The van der Waals surface area contributed by atoms with E-state index in [1.165, 1.54) is 12.1 Å². The topological polar surface area (TPSA) is 38.0 Å². The van der Waals surface area contributed by atoms with Gasteiger partial charge in [-0.05, 0) is 25.0 Å². The average molecular weight is 260 g/mol. The minimum absolute atomic E-state index is 0.0366. The Kier molecular flexibility index (Phi) is 5.16. The van der Waals surface area contributed by atoms with Crippen molar-refractivity contribution in [1.29, 1.82) is 0 Å². The summed E-state index contributed by atoms with van der Waals surface area (Å²) in [5.41, 5.74) is 5.41. The van der Waals surface area contributed by atoms with Gasteiger partial charge in [-0.3, -0.25) is 0 Å². The highest BCUT2D eigenvalue weighted by molar-refractivity contribution is 5.32. The van der Waals surface area contributed by atoms with Crippen LogP contribution in [0.3, 0.4) is 0 Å². The number of nitrogens with two attached hydrogens (primary N) is 1. The van der Waals surface area contributed by atoms with E-state index in [2.05, 4.69) is 5.32 Å². The molecule has 18 heavy (non-hydrogen) atoms. The molecule has 0 aliphatic carbocycles. The van der Waals surface area contributed by atoms with Crippen LogP contribution in [0.25, 0.3) is 0 Å². The molecule has 0 bridgehead atoms. The van der Waals surface area contributed by atoms with E-state index >= 15 is 0 Å². The molecular weight excluding hydrogens is 241 g/mol. The van der Waals surface area contributed by atoms with Gasteiger partial charge in [-0.15, -0.1) is 0 Å². The van der Waals surface area contributed by atoms with E-state index in [0.717, 1.165) is 12.5 Å². The first-order valence-electron chi connectivity index (χ1n) is 6.01. The third-order valence-electron chi connectivity index (χ3n) is 2.94. The number of nitrogens with one attached hydrogen (secondary N) is 1. The first-order valence-corrected chi connectivity index (χ1v) is 6.01. The molecule has 1 aromatic rings. The van der Waals surface area contributed by atoms with E-state index in [4.69, 9.17) is 5.73 Å². The van der Waals surface area contributed by atoms with Gasteiger partial charge in [-0.25, -0.2) is 0 Å². The maximum Gasteiger partial charge on any atom is 0.416 e. The maximum atomic E-state index is 12.8. The van der Waals surface area contributed by atoms with Gasteiger partial charge < -0.3 is 11.1 Å². The third kappa shape index (κ3) is 3.99. The summed E-state index contributed by atoms with van der Waals surface area (Å²) >= 11 is 0. The number of halogens is 3. The van der Waals surface area contributed by atoms with Gasteiger partial charge in [-0.1, -0.05) is 25.1 Å². The Morgan fingerprint density at radius 2 is 1.89 bits per heavy atom. The van der Waals surface area contributed by atoms with Crippen molar-refractivity contribution in [3.8, 4) is 0 Å². The van der Waals surface area contributed by atoms with E-state index in [1.807, 2.05) is 6.92 Å². The van der Waals surface area contributed by atoms with Crippen LogP contribution in [0.5, 0.6) is 0 Å². The second-order valence-electron chi connectivity index (χ2n) is 4.38. The van der Waals surface area contributed by atoms with Crippen LogP contribution in [0.4, 0.5) is 13.2 Å². The predicted molar refractivity (Wildman–Crippen MR) is 66.1 cm³/mol. The van der Waals surface area contributed by atoms with Crippen molar-refractivity contribution in [1.82, 2.24) is 5.32 Å². The molecule has 5 heteroatoms. The Labute approximate surface area is 105 Å². The van der Waals surface area contributed by atoms with Crippen molar-refractivity contribution in [3.05, 3.63) is 35.4 Å². The smallest absolute Gasteiger partial charge is 0.327 e. The summed E-state index contributed by atoms with van der Waals surface area (Å²) in [5, 5.41) is 3.04. The van der Waals surface area contributed by atoms with Gasteiger partial charge in [0.2, 0.25) is 0 Å². The van der Waals surface area contributed by atoms with Crippen molar-refractivity contribution >= 4 is 0 Å². The predicted octanol–water partition coefficient (Wildman–Crippen LogP) is 3.09. The second-order valence-corrected chi connectivity index (χ2v) is 4.38. The van der Waals surface area contributed by atoms with Crippen LogP contribution in [-0.4, -0.2) is 12.6 Å². The Morgan fingerprint density at radius 3 is 2.44 bits per heavy atom. The summed E-state index contributed by atoms with van der Waals surface area (Å²) in [7, 11) is 0. The number of benzene rings is 1. The van der Waals surface area contributed by atoms with E-state index in [0.29, 0.717) is 6.54 Å². The molecule has 0 aliphatic heterocycles. The lowest BCUT2D eigenvalue weighted by atomic mass is 10.0. The molecule has 1 aromatic carbocycles. The molecular formula is C13H19F3N2. The van der Waals surface area contributed by atoms with Crippen LogP contribution in [0.2, 0.25) is 0 Å². The summed E-state index contributed by atoms with van der Waals surface area (Å²) in [4.78, 5) is 0. The molecule has 0 radical (unpaired) electrons. The quantitative estimate of drug-likeness (QED) is 0.853. The first-order chi connectivity index (χ1) is 8.36. The average Bonchev–Trinajstić information content (AvgIpc) is 2.34. The van der Waals surface area contributed by atoms with Crippen LogP contribution in [0.1, 0.15) is 37.4 Å². The summed E-state index contributed by atoms with van der Waals surface area (Å²) < 4.78 is 38.5. The van der Waals surface area contributed by atoms with Crippen molar-refractivity contribution in [2.75, 3.05) is 6.54 Å². The van der Waals surface area contributed by atoms with Crippen molar-refractivity contribution in [2.24, 2.45) is 5.73 Å². The summed E-state index contributed by atoms with van der Waals surface area (Å²) in [6.45, 7) is 4.16. The summed E-state index contributed by atoms with van der Waals surface area (Å²) in [5.74, 6) is 0. The van der Waals surface area contributed by atoms with E-state index in [-0.39, 0.29) is 17.6 Å². The van der Waals surface area contributed by atoms with Crippen LogP contribution in [0.15, 0.2) is 24.3 Å². The lowest BCUT2D eigenvalue weighted by molar-refractivity contribution is -0.138. The molecule has 0 saturated heterocycles. The highest BCUT2D eigenvalue weighted by Crippen LogP contribution is 2.34. The molecule has 3 N–H and O–H groups in total. The fourth-order valence-corrected chi connectivity index (χ4v) is 1.72. The largest absolute Gasteiger partial charge is 0.416 e. The molecule has 2 nitrogen and oxygen atoms in total. The number of hydrogen-bond acceptors (Lipinski definition) is 2. The zero-order valence-electron chi connectivity index (χ0n) is 10.6. The zero-order valence-corrected chi connectivity index (χ0v) is 10.6. The van der Waals surface area contributed by atoms with Crippen LogP contribution in [0, 0.1) is 0 Å². The van der Waals surface area contributed by atoms with Crippen molar-refractivity contribution < 1.29 is 13.2 Å². The number of hydrogen-bond donors (Lipinski definition) is 2. The number of alkyl halides is 3. The second kappa shape index (κ2) is 6.20. The molecule has 0 spiro atoms. The standard InChI is InChI=1S/C13H19F3N2/c1-3-10(17)8-18-9(2)11-6-4-5-7-12(11)13(14,15)16/h4-7,9-10,18H,3,8,17H2,1-2H3/t9-,10?/m0/s1. The SMILES string of the molecule is CCC(N)CN[C@@H](C)c1ccccc1C(F)(F)F. The van der Waals surface area contributed by atoms with Gasteiger partial charge in [0.25, 0.3) is 0 Å². The monoisotopic (exact) mass is 260 g/mol. The molecule has 0 fully saturated rings. The first kappa shape index (κ1) is 15.0. The zero-order chi connectivity index (χ0) is 13.8.